The topological polar surface area (TPSA) is 35.5 Å². The molecule has 0 saturated carbocycles. The molecule has 1 aliphatic carbocycles. The zero-order valence-corrected chi connectivity index (χ0v) is 22.2. The van der Waals surface area contributed by atoms with Gasteiger partial charge in [-0.2, -0.15) is 0 Å². The molecule has 0 bridgehead atoms. The third-order valence-corrected chi connectivity index (χ3v) is 7.04. The molecule has 0 unspecified atom stereocenters. The van der Waals surface area contributed by atoms with E-state index in [0.29, 0.717) is 13.2 Å². The van der Waals surface area contributed by atoms with Crippen molar-refractivity contribution in [3.8, 4) is 22.6 Å². The lowest BCUT2D eigenvalue weighted by molar-refractivity contribution is 0.104. The Morgan fingerprint density at radius 3 is 1.29 bits per heavy atom. The number of benzene rings is 2. The molecule has 0 heterocycles. The van der Waals surface area contributed by atoms with Gasteiger partial charge in [0.25, 0.3) is 0 Å². The predicted molar refractivity (Wildman–Crippen MR) is 147 cm³/mol. The van der Waals surface area contributed by atoms with Crippen LogP contribution in [0, 0.1) is 0 Å². The molecule has 1 aliphatic rings. The van der Waals surface area contributed by atoms with Gasteiger partial charge in [-0.25, -0.2) is 0 Å². The van der Waals surface area contributed by atoms with Crippen LogP contribution in [0.2, 0.25) is 0 Å². The van der Waals surface area contributed by atoms with Gasteiger partial charge >= 0.3 is 0 Å². The number of carbonyl (C=O) groups excluding carboxylic acids is 1. The molecule has 192 valence electrons. The Morgan fingerprint density at radius 2 is 0.857 bits per heavy atom. The summed E-state index contributed by atoms with van der Waals surface area (Å²) in [5, 5.41) is 0. The Hall–Kier alpha value is -2.29. The molecular formula is C32H46O3. The summed E-state index contributed by atoms with van der Waals surface area (Å²) in [4.78, 5) is 13.1. The summed E-state index contributed by atoms with van der Waals surface area (Å²) in [7, 11) is 0. The molecule has 0 N–H and O–H groups in total. The van der Waals surface area contributed by atoms with Crippen LogP contribution in [-0.4, -0.2) is 19.0 Å². The number of carbonyl (C=O) groups is 1. The van der Waals surface area contributed by atoms with Crippen molar-refractivity contribution in [1.82, 2.24) is 0 Å². The van der Waals surface area contributed by atoms with Crippen molar-refractivity contribution in [1.29, 1.82) is 0 Å². The van der Waals surface area contributed by atoms with Crippen molar-refractivity contribution in [2.45, 2.75) is 110 Å². The first-order valence-corrected chi connectivity index (χ1v) is 14.3. The summed E-state index contributed by atoms with van der Waals surface area (Å²) in [6.07, 6.45) is 19.3. The van der Waals surface area contributed by atoms with Crippen molar-refractivity contribution in [3.63, 3.8) is 0 Å². The molecule has 0 amide bonds. The molecule has 2 aromatic rings. The second kappa shape index (κ2) is 15.7. The summed E-state index contributed by atoms with van der Waals surface area (Å²) in [5.41, 5.74) is 3.49. The molecule has 3 nitrogen and oxygen atoms in total. The van der Waals surface area contributed by atoms with Crippen molar-refractivity contribution >= 4 is 5.78 Å². The largest absolute Gasteiger partial charge is 0.494 e. The van der Waals surface area contributed by atoms with E-state index in [1.165, 1.54) is 83.5 Å². The van der Waals surface area contributed by atoms with Crippen LogP contribution in [0.1, 0.15) is 126 Å². The Balaban J connectivity index is 1.36. The van der Waals surface area contributed by atoms with Crippen LogP contribution in [0.25, 0.3) is 11.1 Å². The van der Waals surface area contributed by atoms with Gasteiger partial charge in [0.1, 0.15) is 11.5 Å². The fraction of sp³-hybridized carbons (Fsp3) is 0.594. The van der Waals surface area contributed by atoms with E-state index in [2.05, 4.69) is 13.8 Å². The van der Waals surface area contributed by atoms with Gasteiger partial charge in [-0.15, -0.1) is 0 Å². The summed E-state index contributed by atoms with van der Waals surface area (Å²) >= 11 is 0. The van der Waals surface area contributed by atoms with E-state index in [4.69, 9.17) is 9.47 Å². The number of unbranched alkanes of at least 4 members (excludes halogenated alkanes) is 13. The van der Waals surface area contributed by atoms with Crippen LogP contribution in [-0.2, 0) is 0 Å². The number of ketones is 1. The standard InChI is InChI=1S/C32H46O3/c1-3-5-7-9-10-11-12-13-14-15-17-23-35-27-19-21-29-28-20-18-26(34-22-16-8-6-4-2)24-30(28)32(33)31(29)25-27/h18-21,24-25H,3-17,22-23H2,1-2H3. The molecule has 0 radical (unpaired) electrons. The fourth-order valence-electron chi connectivity index (χ4n) is 4.89. The van der Waals surface area contributed by atoms with E-state index in [1.807, 2.05) is 36.4 Å². The fourth-order valence-corrected chi connectivity index (χ4v) is 4.89. The zero-order chi connectivity index (χ0) is 24.7. The molecule has 0 fully saturated rings. The first kappa shape index (κ1) is 27.3. The van der Waals surface area contributed by atoms with Crippen molar-refractivity contribution in [2.75, 3.05) is 13.2 Å². The van der Waals surface area contributed by atoms with Gasteiger partial charge in [-0.3, -0.25) is 4.79 Å². The Bertz CT molecular complexity index is 902. The van der Waals surface area contributed by atoms with Crippen LogP contribution in [0.3, 0.4) is 0 Å². The average Bonchev–Trinajstić information content (AvgIpc) is 3.15. The quantitative estimate of drug-likeness (QED) is 0.161. The van der Waals surface area contributed by atoms with E-state index in [-0.39, 0.29) is 5.78 Å². The highest BCUT2D eigenvalue weighted by Gasteiger charge is 2.27. The molecule has 0 atom stereocenters. The van der Waals surface area contributed by atoms with Crippen molar-refractivity contribution in [2.24, 2.45) is 0 Å². The molecule has 2 aromatic carbocycles. The normalized spacial score (nSPS) is 12.0. The highest BCUT2D eigenvalue weighted by Crippen LogP contribution is 2.40. The second-order valence-electron chi connectivity index (χ2n) is 10.0. The Kier molecular flexibility index (Phi) is 12.2. The van der Waals surface area contributed by atoms with E-state index in [9.17, 15) is 4.79 Å². The van der Waals surface area contributed by atoms with Crippen LogP contribution < -0.4 is 9.47 Å². The smallest absolute Gasteiger partial charge is 0.194 e. The monoisotopic (exact) mass is 478 g/mol. The number of ether oxygens (including phenoxy) is 2. The minimum absolute atomic E-state index is 0.0755. The molecule has 0 spiro atoms. The maximum atomic E-state index is 13.1. The van der Waals surface area contributed by atoms with Crippen LogP contribution in [0.5, 0.6) is 11.5 Å². The van der Waals surface area contributed by atoms with Gasteiger partial charge in [0, 0.05) is 11.1 Å². The van der Waals surface area contributed by atoms with Gasteiger partial charge in [0.2, 0.25) is 0 Å². The molecule has 3 heteroatoms. The number of hydrogen-bond donors (Lipinski definition) is 0. The van der Waals surface area contributed by atoms with Gasteiger partial charge in [-0.1, -0.05) is 97.3 Å². The van der Waals surface area contributed by atoms with Crippen molar-refractivity contribution in [3.05, 3.63) is 47.5 Å². The summed E-state index contributed by atoms with van der Waals surface area (Å²) < 4.78 is 11.9. The maximum absolute atomic E-state index is 13.1. The molecule has 35 heavy (non-hydrogen) atoms. The third-order valence-electron chi connectivity index (χ3n) is 7.04. The van der Waals surface area contributed by atoms with Gasteiger partial charge in [0.05, 0.1) is 13.2 Å². The second-order valence-corrected chi connectivity index (χ2v) is 10.0. The van der Waals surface area contributed by atoms with Crippen LogP contribution in [0.4, 0.5) is 0 Å². The lowest BCUT2D eigenvalue weighted by Crippen LogP contribution is -2.01. The third kappa shape index (κ3) is 8.70. The minimum atomic E-state index is 0.0755. The predicted octanol–water partition coefficient (Wildman–Crippen LogP) is 9.55. The molecule has 0 aliphatic heterocycles. The van der Waals surface area contributed by atoms with E-state index in [1.54, 1.807) is 0 Å². The molecule has 0 saturated heterocycles. The molecule has 3 rings (SSSR count). The van der Waals surface area contributed by atoms with E-state index in [0.717, 1.165) is 46.6 Å². The van der Waals surface area contributed by atoms with E-state index < -0.39 is 0 Å². The van der Waals surface area contributed by atoms with Gasteiger partial charge in [0.15, 0.2) is 5.78 Å². The lowest BCUT2D eigenvalue weighted by Gasteiger charge is -2.08. The van der Waals surface area contributed by atoms with Crippen LogP contribution in [0.15, 0.2) is 36.4 Å². The molecule has 0 aromatic heterocycles. The van der Waals surface area contributed by atoms with Gasteiger partial charge < -0.3 is 9.47 Å². The number of hydrogen-bond acceptors (Lipinski definition) is 3. The first-order chi connectivity index (χ1) is 17.2. The number of fused-ring (bicyclic) bond motifs is 3. The SMILES string of the molecule is CCCCCCCCCCCCCOc1ccc2c(c1)C(=O)c1cc(OCCCCCC)ccc1-2. The Labute approximate surface area is 213 Å². The first-order valence-electron chi connectivity index (χ1n) is 14.3. The summed E-state index contributed by atoms with van der Waals surface area (Å²) in [6.45, 7) is 5.90. The zero-order valence-electron chi connectivity index (χ0n) is 22.2. The summed E-state index contributed by atoms with van der Waals surface area (Å²) in [5.74, 6) is 1.66. The van der Waals surface area contributed by atoms with E-state index >= 15 is 0 Å². The number of rotatable bonds is 19. The van der Waals surface area contributed by atoms with Crippen LogP contribution >= 0.6 is 0 Å². The Morgan fingerprint density at radius 1 is 0.486 bits per heavy atom. The highest BCUT2D eigenvalue weighted by atomic mass is 16.5. The summed E-state index contributed by atoms with van der Waals surface area (Å²) in [6, 6.07) is 11.9. The minimum Gasteiger partial charge on any atom is -0.494 e. The van der Waals surface area contributed by atoms with Gasteiger partial charge in [-0.05, 0) is 60.4 Å². The highest BCUT2D eigenvalue weighted by molar-refractivity contribution is 6.22. The average molecular weight is 479 g/mol. The maximum Gasteiger partial charge on any atom is 0.194 e. The van der Waals surface area contributed by atoms with Crippen molar-refractivity contribution < 1.29 is 14.3 Å². The lowest BCUT2D eigenvalue weighted by atomic mass is 10.1. The molecular weight excluding hydrogens is 432 g/mol.